The minimum atomic E-state index is 0.242. The van der Waals surface area contributed by atoms with E-state index in [4.69, 9.17) is 0 Å². The van der Waals surface area contributed by atoms with Crippen molar-refractivity contribution in [2.75, 3.05) is 26.2 Å². The van der Waals surface area contributed by atoms with Crippen LogP contribution in [0.1, 0.15) is 52.4 Å². The number of hydrogen-bond donors (Lipinski definition) is 2. The van der Waals surface area contributed by atoms with Gasteiger partial charge in [0.15, 0.2) is 0 Å². The molecule has 4 heteroatoms. The fourth-order valence-electron chi connectivity index (χ4n) is 3.03. The summed E-state index contributed by atoms with van der Waals surface area (Å²) in [6, 6.07) is 1.09. The summed E-state index contributed by atoms with van der Waals surface area (Å²) in [5.74, 6) is 0.980. The average Bonchev–Trinajstić information content (AvgIpc) is 3.27. The Morgan fingerprint density at radius 2 is 2.15 bits per heavy atom. The van der Waals surface area contributed by atoms with Gasteiger partial charge in [0.1, 0.15) is 0 Å². The molecule has 20 heavy (non-hydrogen) atoms. The Hall–Kier alpha value is -0.610. The van der Waals surface area contributed by atoms with Crippen molar-refractivity contribution in [2.24, 2.45) is 5.92 Å². The zero-order valence-corrected chi connectivity index (χ0v) is 13.2. The van der Waals surface area contributed by atoms with Crippen molar-refractivity contribution in [3.8, 4) is 0 Å². The van der Waals surface area contributed by atoms with E-state index < -0.39 is 0 Å². The summed E-state index contributed by atoms with van der Waals surface area (Å²) in [4.78, 5) is 14.2. The number of nitrogens with zero attached hydrogens (tertiary/aromatic N) is 1. The highest BCUT2D eigenvalue weighted by molar-refractivity contribution is 5.76. The van der Waals surface area contributed by atoms with Crippen LogP contribution in [0.3, 0.4) is 0 Å². The molecule has 1 heterocycles. The molecular formula is C16H31N3O. The summed E-state index contributed by atoms with van der Waals surface area (Å²) in [6.45, 7) is 8.87. The van der Waals surface area contributed by atoms with Crippen molar-refractivity contribution in [3.05, 3.63) is 0 Å². The molecule has 0 aromatic rings. The Labute approximate surface area is 123 Å². The number of carbonyl (C=O) groups is 1. The van der Waals surface area contributed by atoms with Gasteiger partial charge in [-0.15, -0.1) is 0 Å². The van der Waals surface area contributed by atoms with Gasteiger partial charge in [0.25, 0.3) is 0 Å². The molecule has 0 radical (unpaired) electrons. The van der Waals surface area contributed by atoms with Gasteiger partial charge in [-0.05, 0) is 58.0 Å². The minimum absolute atomic E-state index is 0.242. The second-order valence-electron chi connectivity index (χ2n) is 6.54. The maximum Gasteiger partial charge on any atom is 0.221 e. The van der Waals surface area contributed by atoms with Crippen LogP contribution in [0.4, 0.5) is 0 Å². The van der Waals surface area contributed by atoms with Crippen molar-refractivity contribution in [1.29, 1.82) is 0 Å². The topological polar surface area (TPSA) is 44.4 Å². The van der Waals surface area contributed by atoms with E-state index in [-0.39, 0.29) is 5.91 Å². The van der Waals surface area contributed by atoms with Gasteiger partial charge in [0, 0.05) is 31.6 Å². The van der Waals surface area contributed by atoms with Crippen molar-refractivity contribution >= 4 is 5.91 Å². The van der Waals surface area contributed by atoms with Gasteiger partial charge in [-0.25, -0.2) is 0 Å². The molecule has 1 saturated heterocycles. The van der Waals surface area contributed by atoms with Gasteiger partial charge in [-0.2, -0.15) is 0 Å². The second-order valence-corrected chi connectivity index (χ2v) is 6.54. The summed E-state index contributed by atoms with van der Waals surface area (Å²) < 4.78 is 0. The SMILES string of the molecule is CCCNC(C)C1CCCN(CCC(=O)NC2CC2)C1. The van der Waals surface area contributed by atoms with Crippen molar-refractivity contribution in [1.82, 2.24) is 15.5 Å². The maximum absolute atomic E-state index is 11.7. The number of hydrogen-bond acceptors (Lipinski definition) is 3. The number of rotatable bonds is 8. The maximum atomic E-state index is 11.7. The summed E-state index contributed by atoms with van der Waals surface area (Å²) in [7, 11) is 0. The monoisotopic (exact) mass is 281 g/mol. The molecule has 0 spiro atoms. The molecular weight excluding hydrogens is 250 g/mol. The first-order chi connectivity index (χ1) is 9.69. The molecule has 0 bridgehead atoms. The van der Waals surface area contributed by atoms with Crippen molar-refractivity contribution in [2.45, 2.75) is 64.5 Å². The van der Waals surface area contributed by atoms with Crippen LogP contribution in [0, 0.1) is 5.92 Å². The quantitative estimate of drug-likeness (QED) is 0.712. The molecule has 4 nitrogen and oxygen atoms in total. The van der Waals surface area contributed by atoms with Crippen LogP contribution >= 0.6 is 0 Å². The van der Waals surface area contributed by atoms with Crippen LogP contribution in [-0.2, 0) is 4.79 Å². The van der Waals surface area contributed by atoms with E-state index in [9.17, 15) is 4.79 Å². The lowest BCUT2D eigenvalue weighted by Gasteiger charge is -2.36. The standard InChI is InChI=1S/C16H31N3O/c1-3-9-17-13(2)14-5-4-10-19(12-14)11-8-16(20)18-15-6-7-15/h13-15,17H,3-12H2,1-2H3,(H,18,20). The van der Waals surface area contributed by atoms with Crippen LogP contribution in [0.5, 0.6) is 0 Å². The Kier molecular flexibility index (Phi) is 6.30. The predicted molar refractivity (Wildman–Crippen MR) is 82.7 cm³/mol. The third-order valence-electron chi connectivity index (χ3n) is 4.56. The third kappa shape index (κ3) is 5.41. The van der Waals surface area contributed by atoms with Crippen LogP contribution in [0.25, 0.3) is 0 Å². The van der Waals surface area contributed by atoms with Gasteiger partial charge in [-0.3, -0.25) is 4.79 Å². The fraction of sp³-hybridized carbons (Fsp3) is 0.938. The summed E-state index contributed by atoms with van der Waals surface area (Å²) in [5, 5.41) is 6.69. The van der Waals surface area contributed by atoms with Gasteiger partial charge in [-0.1, -0.05) is 6.92 Å². The van der Waals surface area contributed by atoms with Gasteiger partial charge < -0.3 is 15.5 Å². The molecule has 2 atom stereocenters. The smallest absolute Gasteiger partial charge is 0.221 e. The van der Waals surface area contributed by atoms with Crippen molar-refractivity contribution in [3.63, 3.8) is 0 Å². The Bertz CT molecular complexity index is 304. The highest BCUT2D eigenvalue weighted by Crippen LogP contribution is 2.21. The highest BCUT2D eigenvalue weighted by atomic mass is 16.1. The van der Waals surface area contributed by atoms with E-state index in [2.05, 4.69) is 29.4 Å². The normalized spacial score (nSPS) is 25.4. The van der Waals surface area contributed by atoms with Crippen LogP contribution in [0.15, 0.2) is 0 Å². The average molecular weight is 281 g/mol. The molecule has 1 aliphatic heterocycles. The van der Waals surface area contributed by atoms with Crippen LogP contribution in [0.2, 0.25) is 0 Å². The first-order valence-electron chi connectivity index (χ1n) is 8.44. The molecule has 1 amide bonds. The Balaban J connectivity index is 1.65. The highest BCUT2D eigenvalue weighted by Gasteiger charge is 2.26. The van der Waals surface area contributed by atoms with E-state index >= 15 is 0 Å². The molecule has 0 aromatic heterocycles. The van der Waals surface area contributed by atoms with E-state index in [0.29, 0.717) is 18.5 Å². The molecule has 2 fully saturated rings. The van der Waals surface area contributed by atoms with Gasteiger partial charge in [0.2, 0.25) is 5.91 Å². The summed E-state index contributed by atoms with van der Waals surface area (Å²) >= 11 is 0. The summed E-state index contributed by atoms with van der Waals surface area (Å²) in [6.07, 6.45) is 6.81. The number of nitrogens with one attached hydrogen (secondary N) is 2. The molecule has 116 valence electrons. The van der Waals surface area contributed by atoms with Crippen molar-refractivity contribution < 1.29 is 4.79 Å². The van der Waals surface area contributed by atoms with E-state index in [1.54, 1.807) is 0 Å². The molecule has 2 unspecified atom stereocenters. The first-order valence-corrected chi connectivity index (χ1v) is 8.44. The Morgan fingerprint density at radius 1 is 1.35 bits per heavy atom. The zero-order chi connectivity index (χ0) is 14.4. The lowest BCUT2D eigenvalue weighted by atomic mass is 9.91. The molecule has 2 N–H and O–H groups in total. The summed E-state index contributed by atoms with van der Waals surface area (Å²) in [5.41, 5.74) is 0. The zero-order valence-electron chi connectivity index (χ0n) is 13.2. The minimum Gasteiger partial charge on any atom is -0.353 e. The van der Waals surface area contributed by atoms with Gasteiger partial charge >= 0.3 is 0 Å². The second kappa shape index (κ2) is 7.99. The van der Waals surface area contributed by atoms with E-state index in [1.165, 1.54) is 32.1 Å². The molecule has 2 aliphatic rings. The molecule has 0 aromatic carbocycles. The lowest BCUT2D eigenvalue weighted by molar-refractivity contribution is -0.121. The van der Waals surface area contributed by atoms with E-state index in [0.717, 1.165) is 32.1 Å². The van der Waals surface area contributed by atoms with Crippen LogP contribution < -0.4 is 10.6 Å². The molecule has 1 aliphatic carbocycles. The lowest BCUT2D eigenvalue weighted by Crippen LogP contribution is -2.45. The van der Waals surface area contributed by atoms with Gasteiger partial charge in [0.05, 0.1) is 0 Å². The number of amides is 1. The molecule has 1 saturated carbocycles. The van der Waals surface area contributed by atoms with E-state index in [1.807, 2.05) is 0 Å². The number of carbonyl (C=O) groups excluding carboxylic acids is 1. The first kappa shape index (κ1) is 15.8. The number of likely N-dealkylation sites (tertiary alicyclic amines) is 1. The van der Waals surface area contributed by atoms with Crippen LogP contribution in [-0.4, -0.2) is 49.1 Å². The fourth-order valence-corrected chi connectivity index (χ4v) is 3.03. The number of piperidine rings is 1. The molecule has 2 rings (SSSR count). The largest absolute Gasteiger partial charge is 0.353 e. The Morgan fingerprint density at radius 3 is 2.85 bits per heavy atom. The third-order valence-corrected chi connectivity index (χ3v) is 4.56. The predicted octanol–water partition coefficient (Wildman–Crippen LogP) is 1.76.